The summed E-state index contributed by atoms with van der Waals surface area (Å²) < 4.78 is 6.91. The molecule has 1 amide bonds. The van der Waals surface area contributed by atoms with E-state index >= 15 is 0 Å². The molecule has 0 saturated carbocycles. The van der Waals surface area contributed by atoms with Crippen LogP contribution in [0, 0.1) is 13.8 Å². The molecule has 2 heterocycles. The van der Waals surface area contributed by atoms with E-state index in [1.165, 1.54) is 7.11 Å². The van der Waals surface area contributed by atoms with Gasteiger partial charge in [0.25, 0.3) is 5.91 Å². The summed E-state index contributed by atoms with van der Waals surface area (Å²) in [6, 6.07) is 7.92. The van der Waals surface area contributed by atoms with Crippen LogP contribution in [0.5, 0.6) is 0 Å². The lowest BCUT2D eigenvalue weighted by atomic mass is 10.1. The van der Waals surface area contributed by atoms with E-state index in [-0.39, 0.29) is 5.91 Å². The van der Waals surface area contributed by atoms with Gasteiger partial charge in [-0.05, 0) is 38.0 Å². The van der Waals surface area contributed by atoms with Crippen molar-refractivity contribution >= 4 is 22.9 Å². The molecule has 142 valence electrons. The summed E-state index contributed by atoms with van der Waals surface area (Å²) in [7, 11) is 1.34. The maximum absolute atomic E-state index is 12.6. The van der Waals surface area contributed by atoms with Crippen molar-refractivity contribution < 1.29 is 14.3 Å². The van der Waals surface area contributed by atoms with Crippen LogP contribution in [0.15, 0.2) is 24.3 Å². The highest BCUT2D eigenvalue weighted by Crippen LogP contribution is 2.20. The number of H-pyrrole nitrogens is 1. The third-order valence-electron chi connectivity index (χ3n) is 4.76. The lowest BCUT2D eigenvalue weighted by Crippen LogP contribution is -2.28. The van der Waals surface area contributed by atoms with Gasteiger partial charge < -0.3 is 19.6 Å². The molecule has 3 rings (SSSR count). The Hall–Kier alpha value is -3.09. The minimum atomic E-state index is -0.430. The van der Waals surface area contributed by atoms with Crippen molar-refractivity contribution in [2.45, 2.75) is 33.7 Å². The lowest BCUT2D eigenvalue weighted by molar-refractivity contribution is 0.0599. The zero-order valence-corrected chi connectivity index (χ0v) is 16.0. The number of hydrogen-bond acceptors (Lipinski definition) is 4. The fraction of sp³-hybridized carbons (Fsp3) is 0.350. The molecule has 0 bridgehead atoms. The molecule has 0 radical (unpaired) electrons. The second kappa shape index (κ2) is 7.65. The second-order valence-electron chi connectivity index (χ2n) is 6.38. The van der Waals surface area contributed by atoms with Crippen LogP contribution in [-0.4, -0.2) is 40.1 Å². The van der Waals surface area contributed by atoms with E-state index < -0.39 is 5.97 Å². The SMILES string of the molecule is CCc1[nH]c(C(=O)NCCn2c(C)nc3ccccc32)c(C)c1C(=O)OC. The Morgan fingerprint density at radius 1 is 1.26 bits per heavy atom. The number of carbonyl (C=O) groups excluding carboxylic acids is 2. The van der Waals surface area contributed by atoms with Gasteiger partial charge in [0.1, 0.15) is 11.5 Å². The predicted molar refractivity (Wildman–Crippen MR) is 103 cm³/mol. The average Bonchev–Trinajstić information content (AvgIpc) is 3.17. The molecule has 1 aromatic carbocycles. The van der Waals surface area contributed by atoms with E-state index in [2.05, 4.69) is 19.9 Å². The fourth-order valence-electron chi connectivity index (χ4n) is 3.38. The second-order valence-corrected chi connectivity index (χ2v) is 6.38. The van der Waals surface area contributed by atoms with Gasteiger partial charge in [-0.2, -0.15) is 0 Å². The molecule has 0 aliphatic carbocycles. The largest absolute Gasteiger partial charge is 0.465 e. The maximum Gasteiger partial charge on any atom is 0.339 e. The van der Waals surface area contributed by atoms with Crippen LogP contribution in [0.25, 0.3) is 11.0 Å². The molecule has 7 nitrogen and oxygen atoms in total. The molecule has 0 atom stereocenters. The Labute approximate surface area is 157 Å². The first kappa shape index (κ1) is 18.7. The highest BCUT2D eigenvalue weighted by atomic mass is 16.5. The third kappa shape index (κ3) is 3.45. The van der Waals surface area contributed by atoms with Crippen LogP contribution in [0.2, 0.25) is 0 Å². The van der Waals surface area contributed by atoms with Crippen molar-refractivity contribution in [2.75, 3.05) is 13.7 Å². The molecule has 0 fully saturated rings. The summed E-state index contributed by atoms with van der Waals surface area (Å²) in [5, 5.41) is 2.92. The molecule has 27 heavy (non-hydrogen) atoms. The van der Waals surface area contributed by atoms with E-state index in [1.807, 2.05) is 38.1 Å². The molecule has 0 aliphatic rings. The summed E-state index contributed by atoms with van der Waals surface area (Å²) in [4.78, 5) is 32.2. The van der Waals surface area contributed by atoms with E-state index in [9.17, 15) is 9.59 Å². The van der Waals surface area contributed by atoms with Crippen LogP contribution in [0.4, 0.5) is 0 Å². The molecule has 2 N–H and O–H groups in total. The summed E-state index contributed by atoms with van der Waals surface area (Å²) >= 11 is 0. The van der Waals surface area contributed by atoms with Gasteiger partial charge in [0, 0.05) is 18.8 Å². The number of carbonyl (C=O) groups is 2. The van der Waals surface area contributed by atoms with Gasteiger partial charge in [-0.25, -0.2) is 9.78 Å². The van der Waals surface area contributed by atoms with Gasteiger partial charge in [-0.15, -0.1) is 0 Å². The van der Waals surface area contributed by atoms with Crippen molar-refractivity contribution in [1.29, 1.82) is 0 Å². The quantitative estimate of drug-likeness (QED) is 0.655. The number of aromatic nitrogens is 3. The molecule has 0 spiro atoms. The van der Waals surface area contributed by atoms with Gasteiger partial charge in [0.05, 0.1) is 23.7 Å². The number of esters is 1. The number of fused-ring (bicyclic) bond motifs is 1. The number of amides is 1. The minimum absolute atomic E-state index is 0.237. The number of ether oxygens (including phenoxy) is 1. The van der Waals surface area contributed by atoms with Crippen molar-refractivity contribution in [2.24, 2.45) is 0 Å². The molecular weight excluding hydrogens is 344 g/mol. The molecule has 0 unspecified atom stereocenters. The molecular formula is C20H24N4O3. The highest BCUT2D eigenvalue weighted by Gasteiger charge is 2.23. The number of para-hydroxylation sites is 2. The molecule has 0 aliphatic heterocycles. The minimum Gasteiger partial charge on any atom is -0.465 e. The number of hydrogen-bond donors (Lipinski definition) is 2. The first-order chi connectivity index (χ1) is 13.0. The topological polar surface area (TPSA) is 89.0 Å². The maximum atomic E-state index is 12.6. The molecule has 2 aromatic heterocycles. The van der Waals surface area contributed by atoms with Gasteiger partial charge in [0.2, 0.25) is 0 Å². The van der Waals surface area contributed by atoms with Crippen LogP contribution in [0.3, 0.4) is 0 Å². The smallest absolute Gasteiger partial charge is 0.339 e. The Balaban J connectivity index is 1.74. The molecule has 0 saturated heterocycles. The first-order valence-corrected chi connectivity index (χ1v) is 8.97. The van der Waals surface area contributed by atoms with Gasteiger partial charge >= 0.3 is 5.97 Å². The Morgan fingerprint density at radius 3 is 2.70 bits per heavy atom. The zero-order valence-electron chi connectivity index (χ0n) is 16.0. The average molecular weight is 368 g/mol. The van der Waals surface area contributed by atoms with Crippen LogP contribution in [-0.2, 0) is 17.7 Å². The summed E-state index contributed by atoms with van der Waals surface area (Å²) in [5.41, 5.74) is 4.15. The van der Waals surface area contributed by atoms with E-state index in [0.29, 0.717) is 42.0 Å². The fourth-order valence-corrected chi connectivity index (χ4v) is 3.38. The van der Waals surface area contributed by atoms with Crippen LogP contribution in [0.1, 0.15) is 44.9 Å². The number of methoxy groups -OCH3 is 1. The number of nitrogens with zero attached hydrogens (tertiary/aromatic N) is 2. The van der Waals surface area contributed by atoms with Gasteiger partial charge in [0.15, 0.2) is 0 Å². The van der Waals surface area contributed by atoms with Crippen LogP contribution >= 0.6 is 0 Å². The normalized spacial score (nSPS) is 11.0. The monoisotopic (exact) mass is 368 g/mol. The van der Waals surface area contributed by atoms with E-state index in [1.54, 1.807) is 6.92 Å². The lowest BCUT2D eigenvalue weighted by Gasteiger charge is -2.08. The van der Waals surface area contributed by atoms with Gasteiger partial charge in [-0.3, -0.25) is 4.79 Å². The summed E-state index contributed by atoms with van der Waals surface area (Å²) in [6.45, 7) is 6.69. The summed E-state index contributed by atoms with van der Waals surface area (Å²) in [6.07, 6.45) is 0.610. The number of imidazole rings is 1. The van der Waals surface area contributed by atoms with Crippen molar-refractivity contribution in [3.8, 4) is 0 Å². The van der Waals surface area contributed by atoms with E-state index in [4.69, 9.17) is 4.74 Å². The zero-order chi connectivity index (χ0) is 19.6. The number of aryl methyl sites for hydroxylation is 2. The number of benzene rings is 1. The highest BCUT2D eigenvalue weighted by molar-refractivity contribution is 6.00. The standard InChI is InChI=1S/C20H24N4O3/c1-5-14-17(20(26)27-4)12(2)18(23-14)19(25)21-10-11-24-13(3)22-15-8-6-7-9-16(15)24/h6-9,23H,5,10-11H2,1-4H3,(H,21,25). The molecule has 3 aromatic rings. The Morgan fingerprint density at radius 2 is 2.00 bits per heavy atom. The predicted octanol–water partition coefficient (Wildman–Crippen LogP) is 2.76. The molecule has 7 heteroatoms. The number of nitrogens with one attached hydrogen (secondary N) is 2. The number of rotatable bonds is 6. The van der Waals surface area contributed by atoms with Crippen molar-refractivity contribution in [3.63, 3.8) is 0 Å². The van der Waals surface area contributed by atoms with Crippen molar-refractivity contribution in [3.05, 3.63) is 52.6 Å². The third-order valence-corrected chi connectivity index (χ3v) is 4.76. The van der Waals surface area contributed by atoms with Gasteiger partial charge in [-0.1, -0.05) is 19.1 Å². The number of aromatic amines is 1. The Kier molecular flexibility index (Phi) is 5.30. The Bertz CT molecular complexity index is 1000. The first-order valence-electron chi connectivity index (χ1n) is 8.97. The van der Waals surface area contributed by atoms with Crippen molar-refractivity contribution in [1.82, 2.24) is 19.9 Å². The van der Waals surface area contributed by atoms with E-state index in [0.717, 1.165) is 16.9 Å². The summed E-state index contributed by atoms with van der Waals surface area (Å²) in [5.74, 6) is 0.238. The van der Waals surface area contributed by atoms with Crippen LogP contribution < -0.4 is 5.32 Å².